The number of nitrogens with zero attached hydrogens (tertiary/aromatic N) is 1. The quantitative estimate of drug-likeness (QED) is 0.906. The van der Waals surface area contributed by atoms with Gasteiger partial charge in [0.25, 0.3) is 5.91 Å². The summed E-state index contributed by atoms with van der Waals surface area (Å²) in [5.41, 5.74) is 1.70. The van der Waals surface area contributed by atoms with E-state index in [9.17, 15) is 9.59 Å². The van der Waals surface area contributed by atoms with Crippen LogP contribution in [0, 0.1) is 5.92 Å². The molecule has 1 aliphatic rings. The lowest BCUT2D eigenvalue weighted by Gasteiger charge is -2.36. The summed E-state index contributed by atoms with van der Waals surface area (Å²) in [7, 11) is 0. The third kappa shape index (κ3) is 2.92. The van der Waals surface area contributed by atoms with Gasteiger partial charge in [0.15, 0.2) is 0 Å². The molecule has 118 valence electrons. The first-order valence-electron chi connectivity index (χ1n) is 7.65. The molecule has 3 rings (SSSR count). The van der Waals surface area contributed by atoms with E-state index in [4.69, 9.17) is 4.74 Å². The number of aromatic nitrogens is 2. The number of benzene rings is 1. The van der Waals surface area contributed by atoms with Gasteiger partial charge in [-0.3, -0.25) is 4.79 Å². The Balaban J connectivity index is 1.87. The van der Waals surface area contributed by atoms with Crippen LogP contribution < -0.4 is 5.69 Å². The van der Waals surface area contributed by atoms with Crippen molar-refractivity contribution in [3.8, 4) is 0 Å². The molecule has 1 unspecified atom stereocenters. The largest absolute Gasteiger partial charge is 0.377 e. The van der Waals surface area contributed by atoms with Gasteiger partial charge < -0.3 is 19.6 Å². The van der Waals surface area contributed by atoms with Gasteiger partial charge in [-0.15, -0.1) is 0 Å². The minimum Gasteiger partial charge on any atom is -0.377 e. The van der Waals surface area contributed by atoms with Crippen LogP contribution >= 0.6 is 0 Å². The molecule has 1 saturated heterocycles. The Morgan fingerprint density at radius 2 is 2.14 bits per heavy atom. The molecule has 0 bridgehead atoms. The Labute approximate surface area is 128 Å². The number of aromatic amines is 2. The lowest BCUT2D eigenvalue weighted by Crippen LogP contribution is -2.49. The summed E-state index contributed by atoms with van der Waals surface area (Å²) in [6, 6.07) is 5.37. The van der Waals surface area contributed by atoms with Gasteiger partial charge in [0, 0.05) is 12.1 Å². The zero-order chi connectivity index (χ0) is 15.7. The van der Waals surface area contributed by atoms with E-state index in [1.807, 2.05) is 4.90 Å². The second-order valence-electron chi connectivity index (χ2n) is 6.20. The molecule has 0 saturated carbocycles. The molecule has 2 N–H and O–H groups in total. The fraction of sp³-hybridized carbons (Fsp3) is 0.500. The van der Waals surface area contributed by atoms with Gasteiger partial charge in [-0.2, -0.15) is 0 Å². The molecule has 22 heavy (non-hydrogen) atoms. The Hall–Kier alpha value is -2.08. The van der Waals surface area contributed by atoms with Crippen LogP contribution in [0.15, 0.2) is 23.0 Å². The fourth-order valence-corrected chi connectivity index (χ4v) is 2.99. The van der Waals surface area contributed by atoms with E-state index in [2.05, 4.69) is 23.8 Å². The number of hydrogen-bond donors (Lipinski definition) is 2. The molecular formula is C16H21N3O3. The first-order valence-corrected chi connectivity index (χ1v) is 7.65. The van der Waals surface area contributed by atoms with E-state index >= 15 is 0 Å². The summed E-state index contributed by atoms with van der Waals surface area (Å²) < 4.78 is 5.53. The normalized spacial score (nSPS) is 19.0. The number of hydrogen-bond acceptors (Lipinski definition) is 3. The average molecular weight is 303 g/mol. The van der Waals surface area contributed by atoms with Crippen molar-refractivity contribution in [3.05, 3.63) is 34.2 Å². The third-order valence-corrected chi connectivity index (χ3v) is 3.99. The molecule has 2 heterocycles. The van der Waals surface area contributed by atoms with Gasteiger partial charge in [0.05, 0.1) is 30.3 Å². The molecule has 1 aliphatic heterocycles. The molecule has 1 amide bonds. The van der Waals surface area contributed by atoms with Crippen molar-refractivity contribution in [1.82, 2.24) is 14.9 Å². The fourth-order valence-electron chi connectivity index (χ4n) is 2.99. The van der Waals surface area contributed by atoms with Crippen molar-refractivity contribution in [2.75, 3.05) is 19.8 Å². The van der Waals surface area contributed by atoms with Crippen molar-refractivity contribution < 1.29 is 9.53 Å². The van der Waals surface area contributed by atoms with Gasteiger partial charge in [-0.25, -0.2) is 4.79 Å². The molecule has 0 spiro atoms. The first kappa shape index (κ1) is 14.8. The maximum Gasteiger partial charge on any atom is 0.323 e. The molecular weight excluding hydrogens is 282 g/mol. The van der Waals surface area contributed by atoms with Crippen LogP contribution in [-0.2, 0) is 4.74 Å². The Morgan fingerprint density at radius 1 is 1.36 bits per heavy atom. The number of ether oxygens (including phenoxy) is 1. The number of carbonyl (C=O) groups excluding carboxylic acids is 1. The van der Waals surface area contributed by atoms with Gasteiger partial charge in [0.1, 0.15) is 0 Å². The van der Waals surface area contributed by atoms with Crippen molar-refractivity contribution in [2.24, 2.45) is 5.92 Å². The van der Waals surface area contributed by atoms with Crippen LogP contribution in [0.1, 0.15) is 30.6 Å². The SMILES string of the molecule is CC(C)CC1COCCN1C(=O)c1ccc2[nH]c(=O)[nH]c2c1. The number of rotatable bonds is 3. The van der Waals surface area contributed by atoms with E-state index in [0.717, 1.165) is 6.42 Å². The smallest absolute Gasteiger partial charge is 0.323 e. The Kier molecular flexibility index (Phi) is 4.02. The number of amides is 1. The average Bonchev–Trinajstić information content (AvgIpc) is 2.85. The van der Waals surface area contributed by atoms with Crippen molar-refractivity contribution in [3.63, 3.8) is 0 Å². The lowest BCUT2D eigenvalue weighted by atomic mass is 10.0. The number of nitrogens with one attached hydrogen (secondary N) is 2. The summed E-state index contributed by atoms with van der Waals surface area (Å²) in [5, 5.41) is 0. The van der Waals surface area contributed by atoms with E-state index in [1.54, 1.807) is 18.2 Å². The highest BCUT2D eigenvalue weighted by Crippen LogP contribution is 2.20. The number of H-pyrrole nitrogens is 2. The van der Waals surface area contributed by atoms with E-state index in [0.29, 0.717) is 42.3 Å². The summed E-state index contributed by atoms with van der Waals surface area (Å²) in [4.78, 5) is 31.4. The first-order chi connectivity index (χ1) is 10.5. The van der Waals surface area contributed by atoms with Crippen molar-refractivity contribution in [1.29, 1.82) is 0 Å². The molecule has 2 aromatic rings. The predicted octanol–water partition coefficient (Wildman–Crippen LogP) is 1.74. The summed E-state index contributed by atoms with van der Waals surface area (Å²) in [6.07, 6.45) is 0.926. The topological polar surface area (TPSA) is 78.2 Å². The molecule has 1 aromatic carbocycles. The zero-order valence-corrected chi connectivity index (χ0v) is 12.9. The van der Waals surface area contributed by atoms with Gasteiger partial charge in [0.2, 0.25) is 0 Å². The number of imidazole rings is 1. The van der Waals surface area contributed by atoms with Gasteiger partial charge in [-0.1, -0.05) is 13.8 Å². The summed E-state index contributed by atoms with van der Waals surface area (Å²) in [5.74, 6) is 0.503. The van der Waals surface area contributed by atoms with Crippen LogP contribution in [0.4, 0.5) is 0 Å². The minimum atomic E-state index is -0.261. The summed E-state index contributed by atoms with van der Waals surface area (Å²) >= 11 is 0. The maximum absolute atomic E-state index is 12.8. The highest BCUT2D eigenvalue weighted by molar-refractivity contribution is 5.97. The van der Waals surface area contributed by atoms with Crippen molar-refractivity contribution in [2.45, 2.75) is 26.3 Å². The second-order valence-corrected chi connectivity index (χ2v) is 6.20. The van der Waals surface area contributed by atoms with Crippen LogP contribution in [0.3, 0.4) is 0 Å². The summed E-state index contributed by atoms with van der Waals surface area (Å²) in [6.45, 7) is 6.07. The van der Waals surface area contributed by atoms with Crippen LogP contribution in [0.25, 0.3) is 11.0 Å². The zero-order valence-electron chi connectivity index (χ0n) is 12.9. The van der Waals surface area contributed by atoms with Crippen LogP contribution in [0.2, 0.25) is 0 Å². The predicted molar refractivity (Wildman–Crippen MR) is 84.0 cm³/mol. The van der Waals surface area contributed by atoms with Gasteiger partial charge in [-0.05, 0) is 30.5 Å². The minimum absolute atomic E-state index is 0.00195. The van der Waals surface area contributed by atoms with E-state index in [-0.39, 0.29) is 17.6 Å². The van der Waals surface area contributed by atoms with E-state index in [1.165, 1.54) is 0 Å². The highest BCUT2D eigenvalue weighted by Gasteiger charge is 2.28. The van der Waals surface area contributed by atoms with Crippen molar-refractivity contribution >= 4 is 16.9 Å². The van der Waals surface area contributed by atoms with Gasteiger partial charge >= 0.3 is 5.69 Å². The monoisotopic (exact) mass is 303 g/mol. The Morgan fingerprint density at radius 3 is 2.91 bits per heavy atom. The molecule has 0 aliphatic carbocycles. The molecule has 0 radical (unpaired) electrons. The van der Waals surface area contributed by atoms with E-state index < -0.39 is 0 Å². The number of morpholine rings is 1. The number of fused-ring (bicyclic) bond motifs is 1. The lowest BCUT2D eigenvalue weighted by molar-refractivity contribution is -0.00745. The third-order valence-electron chi connectivity index (χ3n) is 3.99. The molecule has 1 fully saturated rings. The molecule has 1 atom stereocenters. The molecule has 6 nitrogen and oxygen atoms in total. The maximum atomic E-state index is 12.8. The molecule has 1 aromatic heterocycles. The van der Waals surface area contributed by atoms with Crippen LogP contribution in [0.5, 0.6) is 0 Å². The number of carbonyl (C=O) groups is 1. The second kappa shape index (κ2) is 5.96. The highest BCUT2D eigenvalue weighted by atomic mass is 16.5. The Bertz CT molecular complexity index is 732. The standard InChI is InChI=1S/C16H21N3O3/c1-10(2)7-12-9-22-6-5-19(12)15(20)11-3-4-13-14(8-11)18-16(21)17-13/h3-4,8,10,12H,5-7,9H2,1-2H3,(H2,17,18,21). The molecule has 6 heteroatoms. The van der Waals surface area contributed by atoms with Crippen LogP contribution in [-0.4, -0.2) is 46.6 Å².